The van der Waals surface area contributed by atoms with Crippen molar-refractivity contribution in [2.24, 2.45) is 0 Å². The molecule has 0 saturated carbocycles. The SMILES string of the molecule is CCc1c(Oc2cc(F)cc(C#N)c2)ccc2c1C(C)(O)C(F)(F)C2(F)F. The topological polar surface area (TPSA) is 53.2 Å². The quantitative estimate of drug-likeness (QED) is 0.759. The molecule has 142 valence electrons. The molecule has 0 amide bonds. The Bertz CT molecular complexity index is 963. The molecule has 8 heteroatoms. The summed E-state index contributed by atoms with van der Waals surface area (Å²) in [6.45, 7) is 2.16. The van der Waals surface area contributed by atoms with E-state index in [-0.39, 0.29) is 29.0 Å². The largest absolute Gasteiger partial charge is 0.457 e. The minimum absolute atomic E-state index is 0.00123. The number of ether oxygens (including phenoxy) is 1. The Morgan fingerprint density at radius 1 is 1.15 bits per heavy atom. The highest BCUT2D eigenvalue weighted by Crippen LogP contribution is 2.62. The summed E-state index contributed by atoms with van der Waals surface area (Å²) < 4.78 is 75.8. The van der Waals surface area contributed by atoms with E-state index in [4.69, 9.17) is 10.00 Å². The van der Waals surface area contributed by atoms with Crippen molar-refractivity contribution in [3.05, 3.63) is 58.4 Å². The van der Waals surface area contributed by atoms with Gasteiger partial charge in [0.25, 0.3) is 0 Å². The Morgan fingerprint density at radius 3 is 2.41 bits per heavy atom. The van der Waals surface area contributed by atoms with Gasteiger partial charge in [-0.05, 0) is 37.6 Å². The molecule has 1 unspecified atom stereocenters. The van der Waals surface area contributed by atoms with E-state index in [1.807, 2.05) is 0 Å². The zero-order chi connectivity index (χ0) is 20.2. The molecule has 3 nitrogen and oxygen atoms in total. The lowest BCUT2D eigenvalue weighted by atomic mass is 9.90. The highest BCUT2D eigenvalue weighted by molar-refractivity contribution is 5.56. The number of halogens is 5. The molecule has 0 aliphatic heterocycles. The lowest BCUT2D eigenvalue weighted by Crippen LogP contribution is -2.47. The third-order valence-electron chi connectivity index (χ3n) is 4.68. The van der Waals surface area contributed by atoms with Gasteiger partial charge in [-0.2, -0.15) is 22.8 Å². The lowest BCUT2D eigenvalue weighted by Gasteiger charge is -2.29. The monoisotopic (exact) mass is 383 g/mol. The Morgan fingerprint density at radius 2 is 1.81 bits per heavy atom. The van der Waals surface area contributed by atoms with Crippen molar-refractivity contribution in [2.45, 2.75) is 37.7 Å². The van der Waals surface area contributed by atoms with Crippen LogP contribution in [0, 0.1) is 17.1 Å². The predicted molar refractivity (Wildman–Crippen MR) is 85.4 cm³/mol. The number of nitrogens with zero attached hydrogens (tertiary/aromatic N) is 1. The number of alkyl halides is 4. The van der Waals surface area contributed by atoms with Crippen LogP contribution in [-0.2, 0) is 17.9 Å². The van der Waals surface area contributed by atoms with Gasteiger partial charge in [0.05, 0.1) is 11.6 Å². The molecule has 0 radical (unpaired) electrons. The number of benzene rings is 2. The van der Waals surface area contributed by atoms with E-state index in [0.29, 0.717) is 6.92 Å². The average molecular weight is 383 g/mol. The highest BCUT2D eigenvalue weighted by atomic mass is 19.3. The maximum absolute atomic E-state index is 14.2. The van der Waals surface area contributed by atoms with Crippen molar-refractivity contribution >= 4 is 0 Å². The number of aliphatic hydroxyl groups is 1. The van der Waals surface area contributed by atoms with Crippen molar-refractivity contribution < 1.29 is 31.8 Å². The molecule has 0 heterocycles. The molecule has 3 rings (SSSR count). The summed E-state index contributed by atoms with van der Waals surface area (Å²) in [5.41, 5.74) is -4.77. The van der Waals surface area contributed by atoms with Gasteiger partial charge in [0.15, 0.2) is 5.60 Å². The summed E-state index contributed by atoms with van der Waals surface area (Å²) >= 11 is 0. The Kier molecular flexibility index (Phi) is 4.19. The van der Waals surface area contributed by atoms with Gasteiger partial charge in [-0.1, -0.05) is 6.92 Å². The van der Waals surface area contributed by atoms with Crippen LogP contribution < -0.4 is 4.74 Å². The Hall–Kier alpha value is -2.66. The second-order valence-corrected chi connectivity index (χ2v) is 6.43. The summed E-state index contributed by atoms with van der Waals surface area (Å²) in [4.78, 5) is 0. The predicted octanol–water partition coefficient (Wildman–Crippen LogP) is 5.00. The molecule has 0 saturated heterocycles. The van der Waals surface area contributed by atoms with E-state index in [1.165, 1.54) is 13.0 Å². The van der Waals surface area contributed by atoms with Crippen LogP contribution in [0.1, 0.15) is 36.1 Å². The van der Waals surface area contributed by atoms with Gasteiger partial charge in [-0.25, -0.2) is 4.39 Å². The maximum atomic E-state index is 14.2. The van der Waals surface area contributed by atoms with Crippen molar-refractivity contribution in [1.29, 1.82) is 5.26 Å². The van der Waals surface area contributed by atoms with Gasteiger partial charge in [-0.15, -0.1) is 0 Å². The molecule has 1 aliphatic rings. The lowest BCUT2D eigenvalue weighted by molar-refractivity contribution is -0.280. The third-order valence-corrected chi connectivity index (χ3v) is 4.68. The van der Waals surface area contributed by atoms with Crippen LogP contribution >= 0.6 is 0 Å². The molecular weight excluding hydrogens is 369 g/mol. The molecule has 1 aliphatic carbocycles. The fraction of sp³-hybridized carbons (Fsp3) is 0.316. The molecule has 0 fully saturated rings. The van der Waals surface area contributed by atoms with Gasteiger partial charge in [-0.3, -0.25) is 0 Å². The smallest absolute Gasteiger partial charge is 0.346 e. The number of fused-ring (bicyclic) bond motifs is 1. The first kappa shape index (κ1) is 19.1. The van der Waals surface area contributed by atoms with Gasteiger partial charge in [0.2, 0.25) is 0 Å². The molecule has 2 aromatic rings. The summed E-state index contributed by atoms with van der Waals surface area (Å²) in [7, 11) is 0. The zero-order valence-electron chi connectivity index (χ0n) is 14.3. The van der Waals surface area contributed by atoms with Crippen LogP contribution in [0.4, 0.5) is 22.0 Å². The summed E-state index contributed by atoms with van der Waals surface area (Å²) in [5, 5.41) is 19.1. The van der Waals surface area contributed by atoms with Crippen LogP contribution in [0.25, 0.3) is 0 Å². The van der Waals surface area contributed by atoms with Crippen LogP contribution in [0.3, 0.4) is 0 Å². The fourth-order valence-corrected chi connectivity index (χ4v) is 3.34. The number of rotatable bonds is 3. The van der Waals surface area contributed by atoms with Gasteiger partial charge in [0, 0.05) is 22.8 Å². The molecule has 2 aromatic carbocycles. The normalized spacial score (nSPS) is 22.2. The number of hydrogen-bond donors (Lipinski definition) is 1. The number of hydrogen-bond acceptors (Lipinski definition) is 3. The first-order valence-electron chi connectivity index (χ1n) is 8.00. The highest BCUT2D eigenvalue weighted by Gasteiger charge is 2.74. The average Bonchev–Trinajstić information content (AvgIpc) is 2.69. The van der Waals surface area contributed by atoms with Gasteiger partial charge < -0.3 is 9.84 Å². The minimum atomic E-state index is -4.71. The van der Waals surface area contributed by atoms with E-state index in [9.17, 15) is 27.1 Å². The first-order valence-corrected chi connectivity index (χ1v) is 8.00. The second kappa shape index (κ2) is 5.92. The number of nitriles is 1. The summed E-state index contributed by atoms with van der Waals surface area (Å²) in [6, 6.07) is 6.74. The summed E-state index contributed by atoms with van der Waals surface area (Å²) in [6.07, 6.45) is 0.00123. The van der Waals surface area contributed by atoms with Gasteiger partial charge >= 0.3 is 11.8 Å². The van der Waals surface area contributed by atoms with E-state index < -0.39 is 34.4 Å². The van der Waals surface area contributed by atoms with Crippen LogP contribution in [-0.4, -0.2) is 11.0 Å². The molecule has 0 bridgehead atoms. The van der Waals surface area contributed by atoms with E-state index >= 15 is 0 Å². The van der Waals surface area contributed by atoms with E-state index in [2.05, 4.69) is 0 Å². The standard InChI is InChI=1S/C19H14F5NO2/c1-3-13-15(27-12-7-10(9-25)6-11(20)8-12)5-4-14-16(13)17(2,26)19(23,24)18(14,21)22/h4-8,26H,3H2,1-2H3. The minimum Gasteiger partial charge on any atom is -0.457 e. The van der Waals surface area contributed by atoms with Crippen LogP contribution in [0.2, 0.25) is 0 Å². The van der Waals surface area contributed by atoms with Crippen molar-refractivity contribution in [3.8, 4) is 17.6 Å². The molecule has 0 aromatic heterocycles. The molecular formula is C19H14F5NO2. The molecule has 1 atom stereocenters. The van der Waals surface area contributed by atoms with Crippen molar-refractivity contribution in [2.75, 3.05) is 0 Å². The van der Waals surface area contributed by atoms with Gasteiger partial charge in [0.1, 0.15) is 17.3 Å². The maximum Gasteiger partial charge on any atom is 0.346 e. The van der Waals surface area contributed by atoms with Crippen LogP contribution in [0.15, 0.2) is 30.3 Å². The second-order valence-electron chi connectivity index (χ2n) is 6.43. The zero-order valence-corrected chi connectivity index (χ0v) is 14.3. The Labute approximate surface area is 151 Å². The summed E-state index contributed by atoms with van der Waals surface area (Å²) in [5.74, 6) is -10.2. The molecule has 27 heavy (non-hydrogen) atoms. The van der Waals surface area contributed by atoms with E-state index in [0.717, 1.165) is 24.3 Å². The Balaban J connectivity index is 2.18. The first-order chi connectivity index (χ1) is 12.5. The fourth-order valence-electron chi connectivity index (χ4n) is 3.34. The van der Waals surface area contributed by atoms with Crippen molar-refractivity contribution in [1.82, 2.24) is 0 Å². The molecule has 0 spiro atoms. The third kappa shape index (κ3) is 2.57. The van der Waals surface area contributed by atoms with Crippen molar-refractivity contribution in [3.63, 3.8) is 0 Å². The van der Waals surface area contributed by atoms with E-state index in [1.54, 1.807) is 6.07 Å². The molecule has 1 N–H and O–H groups in total. The van der Waals surface area contributed by atoms with Crippen LogP contribution in [0.5, 0.6) is 11.5 Å².